The van der Waals surface area contributed by atoms with E-state index in [1.807, 2.05) is 42.5 Å². The van der Waals surface area contributed by atoms with Gasteiger partial charge >= 0.3 is 6.18 Å². The van der Waals surface area contributed by atoms with Crippen molar-refractivity contribution in [1.82, 2.24) is 14.7 Å². The van der Waals surface area contributed by atoms with Gasteiger partial charge in [-0.1, -0.05) is 30.3 Å². The number of rotatable bonds is 7. The number of hydrogen-bond acceptors (Lipinski definition) is 4. The van der Waals surface area contributed by atoms with Gasteiger partial charge in [-0.05, 0) is 53.1 Å². The number of ether oxygens (including phenoxy) is 1. The average Bonchev–Trinajstić information content (AvgIpc) is 3.18. The molecule has 0 aliphatic heterocycles. The largest absolute Gasteiger partial charge is 0.760 e. The molecule has 0 amide bonds. The summed E-state index contributed by atoms with van der Waals surface area (Å²) in [5, 5.41) is 0. The molecule has 3 aromatic carbocycles. The molecule has 0 aliphatic rings. The predicted octanol–water partition coefficient (Wildman–Crippen LogP) is 4.71. The summed E-state index contributed by atoms with van der Waals surface area (Å²) >= 11 is -2.36. The van der Waals surface area contributed by atoms with Gasteiger partial charge in [-0.15, -0.1) is 0 Å². The lowest BCUT2D eigenvalue weighted by Gasteiger charge is -2.12. The smallest absolute Gasteiger partial charge is 0.416 e. The first kappa shape index (κ1) is 22.0. The third-order valence-corrected chi connectivity index (χ3v) is 5.18. The van der Waals surface area contributed by atoms with Crippen LogP contribution in [0.5, 0.6) is 5.75 Å². The number of aromatic nitrogens is 2. The van der Waals surface area contributed by atoms with Gasteiger partial charge in [0.15, 0.2) is 0 Å². The molecule has 0 spiro atoms. The van der Waals surface area contributed by atoms with Gasteiger partial charge in [-0.25, -0.2) is 9.71 Å². The van der Waals surface area contributed by atoms with E-state index in [1.165, 1.54) is 12.1 Å². The molecule has 1 unspecified atom stereocenters. The van der Waals surface area contributed by atoms with Crippen molar-refractivity contribution >= 4 is 22.3 Å². The van der Waals surface area contributed by atoms with Crippen LogP contribution in [0, 0.1) is 0 Å². The van der Waals surface area contributed by atoms with Gasteiger partial charge in [-0.2, -0.15) is 13.2 Å². The Bertz CT molecular complexity index is 1260. The summed E-state index contributed by atoms with van der Waals surface area (Å²) in [5.74, 6) is 0.824. The first-order valence-corrected chi connectivity index (χ1v) is 10.6. The monoisotopic (exact) mass is 460 g/mol. The lowest BCUT2D eigenvalue weighted by molar-refractivity contribution is -0.137. The Hall–Kier alpha value is -3.21. The number of H-pyrrole nitrogens is 1. The molecule has 4 aromatic rings. The van der Waals surface area contributed by atoms with Crippen LogP contribution in [0.1, 0.15) is 17.0 Å². The number of benzene rings is 3. The van der Waals surface area contributed by atoms with E-state index in [2.05, 4.69) is 14.7 Å². The predicted molar refractivity (Wildman–Crippen MR) is 113 cm³/mol. The maximum absolute atomic E-state index is 12.7. The zero-order chi connectivity index (χ0) is 22.7. The molecule has 1 atom stereocenters. The van der Waals surface area contributed by atoms with Crippen molar-refractivity contribution < 1.29 is 26.7 Å². The number of fused-ring (bicyclic) bond motifs is 1. The van der Waals surface area contributed by atoms with Crippen molar-refractivity contribution in [3.63, 3.8) is 0 Å². The first-order valence-electron chi connectivity index (χ1n) is 9.49. The van der Waals surface area contributed by atoms with Crippen molar-refractivity contribution in [2.24, 2.45) is 0 Å². The van der Waals surface area contributed by atoms with Gasteiger partial charge in [0.2, 0.25) is 0 Å². The molecule has 1 aromatic heterocycles. The normalized spacial score (nSPS) is 12.8. The van der Waals surface area contributed by atoms with Crippen LogP contribution in [-0.2, 0) is 30.6 Å². The van der Waals surface area contributed by atoms with E-state index in [1.54, 1.807) is 0 Å². The van der Waals surface area contributed by atoms with Crippen LogP contribution >= 0.6 is 0 Å². The Morgan fingerprint density at radius 2 is 1.81 bits per heavy atom. The lowest BCUT2D eigenvalue weighted by atomic mass is 9.99. The molecule has 10 heteroatoms. The van der Waals surface area contributed by atoms with Gasteiger partial charge in [-0.3, -0.25) is 4.21 Å². The zero-order valence-electron chi connectivity index (χ0n) is 16.5. The van der Waals surface area contributed by atoms with Crippen molar-refractivity contribution in [2.45, 2.75) is 19.3 Å². The first-order chi connectivity index (χ1) is 15.3. The highest BCUT2D eigenvalue weighted by atomic mass is 32.2. The zero-order valence-corrected chi connectivity index (χ0v) is 17.3. The quantitative estimate of drug-likeness (QED) is 0.391. The number of nitrogens with zero attached hydrogens (tertiary/aromatic N) is 1. The molecule has 1 heterocycles. The number of imidazole rings is 1. The third kappa shape index (κ3) is 5.16. The van der Waals surface area contributed by atoms with Crippen LogP contribution in [0.2, 0.25) is 0 Å². The van der Waals surface area contributed by atoms with Crippen molar-refractivity contribution in [2.75, 3.05) is 0 Å². The fourth-order valence-electron chi connectivity index (χ4n) is 3.28. The molecule has 6 nitrogen and oxygen atoms in total. The SMILES string of the molecule is O=S([O-])NCc1ccccc1-c1ccc2nc(COc3ccc(C(F)(F)F)cc3)[nH]c2c1. The molecule has 0 aliphatic carbocycles. The van der Waals surface area contributed by atoms with Crippen molar-refractivity contribution in [3.05, 3.63) is 83.7 Å². The minimum atomic E-state index is -4.39. The van der Waals surface area contributed by atoms with E-state index in [9.17, 15) is 21.9 Å². The summed E-state index contributed by atoms with van der Waals surface area (Å²) in [7, 11) is 0. The topological polar surface area (TPSA) is 90.1 Å². The second-order valence-electron chi connectivity index (χ2n) is 6.94. The van der Waals surface area contributed by atoms with Gasteiger partial charge in [0.05, 0.1) is 16.6 Å². The van der Waals surface area contributed by atoms with Crippen LogP contribution in [-0.4, -0.2) is 18.7 Å². The molecule has 4 rings (SSSR count). The van der Waals surface area contributed by atoms with Crippen LogP contribution < -0.4 is 9.46 Å². The maximum atomic E-state index is 12.7. The second-order valence-corrected chi connectivity index (χ2v) is 7.70. The molecule has 0 radical (unpaired) electrons. The molecular weight excluding hydrogens is 443 g/mol. The third-order valence-electron chi connectivity index (χ3n) is 4.80. The number of alkyl halides is 3. The Kier molecular flexibility index (Phi) is 6.26. The number of hydrogen-bond donors (Lipinski definition) is 2. The Balaban J connectivity index is 1.51. The number of aromatic amines is 1. The van der Waals surface area contributed by atoms with Gasteiger partial charge in [0.25, 0.3) is 0 Å². The minimum Gasteiger partial charge on any atom is -0.760 e. The summed E-state index contributed by atoms with van der Waals surface area (Å²) in [6, 6.07) is 17.5. The fraction of sp³-hybridized carbons (Fsp3) is 0.136. The number of nitrogens with one attached hydrogen (secondary N) is 2. The van der Waals surface area contributed by atoms with E-state index in [0.717, 1.165) is 34.3 Å². The molecule has 0 saturated carbocycles. The van der Waals surface area contributed by atoms with Gasteiger partial charge in [0.1, 0.15) is 18.2 Å². The maximum Gasteiger partial charge on any atom is 0.416 e. The lowest BCUT2D eigenvalue weighted by Crippen LogP contribution is -2.16. The summed E-state index contributed by atoms with van der Waals surface area (Å²) in [5.41, 5.74) is 3.30. The van der Waals surface area contributed by atoms with Crippen LogP contribution in [0.25, 0.3) is 22.2 Å². The average molecular weight is 460 g/mol. The molecule has 166 valence electrons. The van der Waals surface area contributed by atoms with Gasteiger partial charge in [0, 0.05) is 17.8 Å². The minimum absolute atomic E-state index is 0.0607. The van der Waals surface area contributed by atoms with E-state index < -0.39 is 23.0 Å². The standard InChI is InChI=1S/C22H18F3N3O3S/c23-22(24,25)16-6-8-17(9-7-16)31-13-21-27-19-10-5-14(11-20(19)28-21)18-4-2-1-3-15(18)12-26-32(29)30/h1-11,26H,12-13H2,(H,27,28)(H,29,30)/p-1. The molecule has 0 saturated heterocycles. The van der Waals surface area contributed by atoms with Crippen molar-refractivity contribution in [1.29, 1.82) is 0 Å². The van der Waals surface area contributed by atoms with E-state index in [-0.39, 0.29) is 13.2 Å². The molecule has 0 fully saturated rings. The molecule has 0 bridgehead atoms. The van der Waals surface area contributed by atoms with E-state index >= 15 is 0 Å². The van der Waals surface area contributed by atoms with Crippen LogP contribution in [0.15, 0.2) is 66.7 Å². The van der Waals surface area contributed by atoms with Gasteiger partial charge < -0.3 is 14.3 Å². The fourth-order valence-corrected chi connectivity index (χ4v) is 3.56. The number of halogens is 3. The highest BCUT2D eigenvalue weighted by molar-refractivity contribution is 7.77. The Labute approximate surface area is 183 Å². The highest BCUT2D eigenvalue weighted by Crippen LogP contribution is 2.30. The van der Waals surface area contributed by atoms with Crippen LogP contribution in [0.4, 0.5) is 13.2 Å². The summed E-state index contributed by atoms with van der Waals surface area (Å²) in [4.78, 5) is 7.60. The summed E-state index contributed by atoms with van der Waals surface area (Å²) in [6.45, 7) is 0.227. The van der Waals surface area contributed by atoms with E-state index in [4.69, 9.17) is 4.74 Å². The highest BCUT2D eigenvalue weighted by Gasteiger charge is 2.30. The second kappa shape index (κ2) is 9.11. The van der Waals surface area contributed by atoms with E-state index in [0.29, 0.717) is 17.1 Å². The van der Waals surface area contributed by atoms with Crippen molar-refractivity contribution in [3.8, 4) is 16.9 Å². The Morgan fingerprint density at radius 1 is 1.06 bits per heavy atom. The Morgan fingerprint density at radius 3 is 2.53 bits per heavy atom. The summed E-state index contributed by atoms with van der Waals surface area (Å²) < 4.78 is 67.6. The molecule has 32 heavy (non-hydrogen) atoms. The summed E-state index contributed by atoms with van der Waals surface area (Å²) in [6.07, 6.45) is -4.39. The molecular formula is C22H17F3N3O3S-. The van der Waals surface area contributed by atoms with Crippen LogP contribution in [0.3, 0.4) is 0 Å². The molecule has 2 N–H and O–H groups in total.